The smallest absolute Gasteiger partial charge is 0.253 e. The molecule has 1 rings (SSSR count). The topological polar surface area (TPSA) is 49.3 Å². The van der Waals surface area contributed by atoms with Crippen molar-refractivity contribution in [2.24, 2.45) is 0 Å². The van der Waals surface area contributed by atoms with E-state index >= 15 is 0 Å². The van der Waals surface area contributed by atoms with Crippen LogP contribution in [0.2, 0.25) is 0 Å². The third-order valence-corrected chi connectivity index (χ3v) is 3.02. The number of hydrogen-bond donors (Lipinski definition) is 2. The average molecular weight is 394 g/mol. The zero-order valence-corrected chi connectivity index (χ0v) is 12.2. The maximum Gasteiger partial charge on any atom is 0.253 e. The first-order chi connectivity index (χ1) is 7.30. The Morgan fingerprint density at radius 2 is 1.81 bits per heavy atom. The number of carbonyl (C=O) groups excluding carboxylic acids is 1. The molecule has 0 aromatic heterocycles. The summed E-state index contributed by atoms with van der Waals surface area (Å²) >= 11 is 18.3. The molecule has 0 aliphatic rings. The molecule has 0 heterocycles. The molecule has 0 aliphatic heterocycles. The summed E-state index contributed by atoms with van der Waals surface area (Å²) in [6.07, 6.45) is -1.55. The van der Waals surface area contributed by atoms with Gasteiger partial charge in [0.2, 0.25) is 3.79 Å². The lowest BCUT2D eigenvalue weighted by molar-refractivity contribution is 0.0791. The van der Waals surface area contributed by atoms with E-state index in [2.05, 4.69) is 27.9 Å². The monoisotopic (exact) mass is 393 g/mol. The van der Waals surface area contributed by atoms with Crippen molar-refractivity contribution < 1.29 is 9.90 Å². The Morgan fingerprint density at radius 3 is 2.25 bits per heavy atom. The zero-order valence-electron chi connectivity index (χ0n) is 7.75. The molecule has 1 aromatic rings. The number of carbonyl (C=O) groups is 1. The van der Waals surface area contributed by atoms with Crippen molar-refractivity contribution in [1.29, 1.82) is 0 Å². The van der Waals surface area contributed by atoms with Gasteiger partial charge in [-0.2, -0.15) is 0 Å². The van der Waals surface area contributed by atoms with Gasteiger partial charge >= 0.3 is 0 Å². The third-order valence-electron chi connectivity index (χ3n) is 1.68. The number of nitrogens with one attached hydrogen (secondary N) is 1. The Morgan fingerprint density at radius 1 is 1.31 bits per heavy atom. The Bertz CT molecular complexity index is 377. The van der Waals surface area contributed by atoms with E-state index in [1.807, 2.05) is 0 Å². The van der Waals surface area contributed by atoms with Crippen LogP contribution in [0, 0.1) is 3.57 Å². The predicted octanol–water partition coefficient (Wildman–Crippen LogP) is 2.71. The van der Waals surface area contributed by atoms with Crippen molar-refractivity contribution in [2.45, 2.75) is 10.0 Å². The van der Waals surface area contributed by atoms with Gasteiger partial charge in [-0.3, -0.25) is 4.79 Å². The molecule has 0 saturated carbocycles. The molecular formula is C9H7Cl3INO2. The summed E-state index contributed by atoms with van der Waals surface area (Å²) in [4.78, 5) is 11.6. The number of aliphatic hydroxyl groups is 1. The average Bonchev–Trinajstić information content (AvgIpc) is 2.17. The number of alkyl halides is 3. The van der Waals surface area contributed by atoms with Crippen LogP contribution in [0.4, 0.5) is 0 Å². The van der Waals surface area contributed by atoms with Crippen molar-refractivity contribution in [1.82, 2.24) is 5.32 Å². The van der Waals surface area contributed by atoms with Crippen LogP contribution < -0.4 is 5.32 Å². The fraction of sp³-hybridized carbons (Fsp3) is 0.222. The fourth-order valence-corrected chi connectivity index (χ4v) is 1.41. The van der Waals surface area contributed by atoms with E-state index < -0.39 is 15.9 Å². The van der Waals surface area contributed by atoms with Crippen LogP contribution in [0.3, 0.4) is 0 Å². The second kappa shape index (κ2) is 5.73. The van der Waals surface area contributed by atoms with Crippen LogP contribution in [-0.4, -0.2) is 21.0 Å². The quantitative estimate of drug-likeness (QED) is 0.460. The van der Waals surface area contributed by atoms with E-state index in [-0.39, 0.29) is 0 Å². The van der Waals surface area contributed by atoms with E-state index in [1.54, 1.807) is 24.3 Å². The molecule has 0 saturated heterocycles. The number of halogens is 4. The highest BCUT2D eigenvalue weighted by molar-refractivity contribution is 14.1. The normalized spacial score (nSPS) is 13.3. The lowest BCUT2D eigenvalue weighted by atomic mass is 10.2. The molecule has 0 fully saturated rings. The lowest BCUT2D eigenvalue weighted by Gasteiger charge is -2.19. The minimum absolute atomic E-state index is 0.383. The minimum Gasteiger partial charge on any atom is -0.369 e. The lowest BCUT2D eigenvalue weighted by Crippen LogP contribution is -2.43. The molecule has 3 nitrogen and oxygen atoms in total. The summed E-state index contributed by atoms with van der Waals surface area (Å²) in [5.41, 5.74) is 0.383. The van der Waals surface area contributed by atoms with Gasteiger partial charge < -0.3 is 10.4 Å². The van der Waals surface area contributed by atoms with Gasteiger partial charge in [0.1, 0.15) is 0 Å². The first-order valence-corrected chi connectivity index (χ1v) is 6.33. The van der Waals surface area contributed by atoms with Crippen molar-refractivity contribution in [2.75, 3.05) is 0 Å². The first kappa shape index (κ1) is 14.3. The molecular weight excluding hydrogens is 387 g/mol. The van der Waals surface area contributed by atoms with E-state index in [4.69, 9.17) is 34.8 Å². The molecule has 0 spiro atoms. The van der Waals surface area contributed by atoms with E-state index in [0.29, 0.717) is 5.56 Å². The van der Waals surface area contributed by atoms with Gasteiger partial charge in [0.15, 0.2) is 6.23 Å². The largest absolute Gasteiger partial charge is 0.369 e. The highest BCUT2D eigenvalue weighted by Gasteiger charge is 2.32. The molecule has 88 valence electrons. The minimum atomic E-state index is -1.95. The van der Waals surface area contributed by atoms with Gasteiger partial charge in [-0.25, -0.2) is 0 Å². The van der Waals surface area contributed by atoms with Gasteiger partial charge in [0.05, 0.1) is 0 Å². The second-order valence-corrected chi connectivity index (χ2v) is 6.54. The fourth-order valence-electron chi connectivity index (χ4n) is 0.891. The maximum atomic E-state index is 11.6. The molecule has 1 aromatic carbocycles. The van der Waals surface area contributed by atoms with Crippen LogP contribution in [0.15, 0.2) is 24.3 Å². The second-order valence-electron chi connectivity index (χ2n) is 2.92. The molecule has 1 atom stereocenters. The summed E-state index contributed by atoms with van der Waals surface area (Å²) in [7, 11) is 0. The van der Waals surface area contributed by atoms with E-state index in [0.717, 1.165) is 3.57 Å². The summed E-state index contributed by atoms with van der Waals surface area (Å²) in [6, 6.07) is 6.75. The van der Waals surface area contributed by atoms with Crippen LogP contribution in [-0.2, 0) is 0 Å². The molecule has 1 amide bonds. The molecule has 0 unspecified atom stereocenters. The number of hydrogen-bond acceptors (Lipinski definition) is 2. The number of aliphatic hydroxyl groups excluding tert-OH is 1. The SMILES string of the molecule is O=C(N[C@@H](O)C(Cl)(Cl)Cl)c1ccc(I)cc1. The Hall–Kier alpha value is 0.250. The molecule has 0 radical (unpaired) electrons. The predicted molar refractivity (Wildman–Crippen MR) is 72.9 cm³/mol. The van der Waals surface area contributed by atoms with Crippen LogP contribution in [0.5, 0.6) is 0 Å². The van der Waals surface area contributed by atoms with E-state index in [1.165, 1.54) is 0 Å². The molecule has 16 heavy (non-hydrogen) atoms. The summed E-state index contributed by atoms with van der Waals surface area (Å²) in [5.74, 6) is -0.504. The van der Waals surface area contributed by atoms with Crippen LogP contribution in [0.1, 0.15) is 10.4 Å². The maximum absolute atomic E-state index is 11.6. The van der Waals surface area contributed by atoms with Gasteiger partial charge in [0.25, 0.3) is 5.91 Å². The summed E-state index contributed by atoms with van der Waals surface area (Å²) in [5, 5.41) is 11.5. The highest BCUT2D eigenvalue weighted by atomic mass is 127. The Kier molecular flexibility index (Phi) is 5.12. The molecule has 0 bridgehead atoms. The van der Waals surface area contributed by atoms with E-state index in [9.17, 15) is 9.90 Å². The molecule has 0 aliphatic carbocycles. The van der Waals surface area contributed by atoms with Crippen molar-refractivity contribution in [3.63, 3.8) is 0 Å². The highest BCUT2D eigenvalue weighted by Crippen LogP contribution is 2.28. The van der Waals surface area contributed by atoms with Crippen molar-refractivity contribution in [3.05, 3.63) is 33.4 Å². The summed E-state index contributed by atoms with van der Waals surface area (Å²) < 4.78 is -0.949. The summed E-state index contributed by atoms with van der Waals surface area (Å²) in [6.45, 7) is 0. The van der Waals surface area contributed by atoms with Gasteiger partial charge in [-0.1, -0.05) is 34.8 Å². The zero-order chi connectivity index (χ0) is 12.3. The molecule has 2 N–H and O–H groups in total. The van der Waals surface area contributed by atoms with Gasteiger partial charge in [0, 0.05) is 9.13 Å². The number of benzene rings is 1. The molecule has 7 heteroatoms. The first-order valence-electron chi connectivity index (χ1n) is 4.12. The third kappa shape index (κ3) is 4.25. The van der Waals surface area contributed by atoms with Crippen molar-refractivity contribution in [3.8, 4) is 0 Å². The standard InChI is InChI=1S/C9H7Cl3INO2/c10-9(11,12)8(16)14-7(15)5-1-3-6(13)4-2-5/h1-4,8,16H,(H,14,15)/t8-/m0/s1. The number of rotatable bonds is 2. The Labute approximate surface area is 121 Å². The van der Waals surface area contributed by atoms with Gasteiger partial charge in [-0.05, 0) is 46.9 Å². The van der Waals surface area contributed by atoms with Crippen LogP contribution >= 0.6 is 57.4 Å². The Balaban J connectivity index is 2.70. The number of amides is 1. The van der Waals surface area contributed by atoms with Gasteiger partial charge in [-0.15, -0.1) is 0 Å². The van der Waals surface area contributed by atoms with Crippen LogP contribution in [0.25, 0.3) is 0 Å². The van der Waals surface area contributed by atoms with Crippen molar-refractivity contribution >= 4 is 63.3 Å².